The van der Waals surface area contributed by atoms with Gasteiger partial charge in [-0.15, -0.1) is 11.8 Å². The average Bonchev–Trinajstić information content (AvgIpc) is 2.64. The van der Waals surface area contributed by atoms with Crippen molar-refractivity contribution < 1.29 is 9.31 Å². The second kappa shape index (κ2) is 6.76. The Balaban J connectivity index is 2.10. The van der Waals surface area contributed by atoms with Gasteiger partial charge in [0.2, 0.25) is 0 Å². The Hall–Kier alpha value is -0.445. The van der Waals surface area contributed by atoms with E-state index in [1.54, 1.807) is 0 Å². The van der Waals surface area contributed by atoms with Crippen LogP contribution in [-0.2, 0) is 9.31 Å². The van der Waals surface area contributed by atoms with E-state index in [0.29, 0.717) is 5.15 Å². The van der Waals surface area contributed by atoms with Crippen LogP contribution in [-0.4, -0.2) is 23.5 Å². The van der Waals surface area contributed by atoms with Gasteiger partial charge < -0.3 is 9.31 Å². The van der Waals surface area contributed by atoms with Gasteiger partial charge in [-0.25, -0.2) is 0 Å². The highest BCUT2D eigenvalue weighted by atomic mass is 32.2. The minimum atomic E-state index is -0.251. The van der Waals surface area contributed by atoms with Crippen molar-refractivity contribution >= 4 is 18.9 Å². The largest absolute Gasteiger partial charge is 0.472 e. The molecule has 1 heterocycles. The third-order valence-corrected chi connectivity index (χ3v) is 5.75. The maximum Gasteiger partial charge on any atom is 0.472 e. The second-order valence-electron chi connectivity index (χ2n) is 6.74. The summed E-state index contributed by atoms with van der Waals surface area (Å²) in [6.07, 6.45) is 3.52. The van der Waals surface area contributed by atoms with Gasteiger partial charge in [0.05, 0.1) is 11.2 Å². The lowest BCUT2D eigenvalue weighted by atomic mass is 9.81. The van der Waals surface area contributed by atoms with Crippen LogP contribution >= 0.6 is 11.8 Å². The SMILES string of the molecule is CCCCC(Sc1ccccc1)B1OC(C)(C)C(C)(C)O1. The topological polar surface area (TPSA) is 18.5 Å². The van der Waals surface area contributed by atoms with E-state index in [1.807, 2.05) is 11.8 Å². The van der Waals surface area contributed by atoms with Gasteiger partial charge in [-0.2, -0.15) is 0 Å². The van der Waals surface area contributed by atoms with Gasteiger partial charge in [0, 0.05) is 10.0 Å². The molecule has 116 valence electrons. The van der Waals surface area contributed by atoms with Crippen LogP contribution < -0.4 is 0 Å². The monoisotopic (exact) mass is 306 g/mol. The lowest BCUT2D eigenvalue weighted by Gasteiger charge is -2.32. The number of unbranched alkanes of at least 4 members (excludes halogenated alkanes) is 1. The van der Waals surface area contributed by atoms with Crippen molar-refractivity contribution in [1.82, 2.24) is 0 Å². The zero-order valence-electron chi connectivity index (χ0n) is 13.9. The van der Waals surface area contributed by atoms with Gasteiger partial charge in [0.25, 0.3) is 0 Å². The molecule has 0 bridgehead atoms. The van der Waals surface area contributed by atoms with Gasteiger partial charge in [0.1, 0.15) is 0 Å². The molecule has 1 aromatic carbocycles. The summed E-state index contributed by atoms with van der Waals surface area (Å²) in [5.74, 6) is 0. The first-order chi connectivity index (χ1) is 9.86. The summed E-state index contributed by atoms with van der Waals surface area (Å²) in [4.78, 5) is 1.29. The van der Waals surface area contributed by atoms with Crippen molar-refractivity contribution in [3.05, 3.63) is 30.3 Å². The van der Waals surface area contributed by atoms with Crippen LogP contribution in [0.3, 0.4) is 0 Å². The highest BCUT2D eigenvalue weighted by molar-refractivity contribution is 8.01. The molecule has 2 rings (SSSR count). The van der Waals surface area contributed by atoms with Crippen LogP contribution in [0.5, 0.6) is 0 Å². The molecule has 1 aromatic rings. The average molecular weight is 306 g/mol. The van der Waals surface area contributed by atoms with Gasteiger partial charge in [-0.3, -0.25) is 0 Å². The highest BCUT2D eigenvalue weighted by Gasteiger charge is 2.53. The van der Waals surface area contributed by atoms with Crippen LogP contribution in [0, 0.1) is 0 Å². The van der Waals surface area contributed by atoms with Gasteiger partial charge in [0.15, 0.2) is 0 Å². The van der Waals surface area contributed by atoms with Crippen molar-refractivity contribution in [3.8, 4) is 0 Å². The summed E-state index contributed by atoms with van der Waals surface area (Å²) in [6.45, 7) is 10.7. The van der Waals surface area contributed by atoms with Crippen molar-refractivity contribution in [2.45, 2.75) is 75.1 Å². The summed E-state index contributed by atoms with van der Waals surface area (Å²) in [7, 11) is -0.133. The lowest BCUT2D eigenvalue weighted by Crippen LogP contribution is -2.41. The molecule has 0 aliphatic carbocycles. The molecule has 2 nitrogen and oxygen atoms in total. The molecule has 1 unspecified atom stereocenters. The van der Waals surface area contributed by atoms with Crippen LogP contribution in [0.15, 0.2) is 35.2 Å². The van der Waals surface area contributed by atoms with E-state index in [2.05, 4.69) is 65.0 Å². The zero-order valence-corrected chi connectivity index (χ0v) is 14.7. The highest BCUT2D eigenvalue weighted by Crippen LogP contribution is 2.41. The molecule has 1 aliphatic heterocycles. The van der Waals surface area contributed by atoms with E-state index >= 15 is 0 Å². The molecular formula is C17H27BO2S. The Bertz CT molecular complexity index is 431. The third kappa shape index (κ3) is 4.05. The normalized spacial score (nSPS) is 21.5. The summed E-state index contributed by atoms with van der Waals surface area (Å²) in [5, 5.41) is 0.341. The number of benzene rings is 1. The Morgan fingerprint density at radius 1 is 1.05 bits per heavy atom. The van der Waals surface area contributed by atoms with Crippen molar-refractivity contribution in [2.24, 2.45) is 0 Å². The summed E-state index contributed by atoms with van der Waals surface area (Å²) < 4.78 is 12.5. The molecule has 0 spiro atoms. The molecule has 0 radical (unpaired) electrons. The molecular weight excluding hydrogens is 279 g/mol. The van der Waals surface area contributed by atoms with Gasteiger partial charge >= 0.3 is 7.12 Å². The number of thioether (sulfide) groups is 1. The van der Waals surface area contributed by atoms with E-state index in [4.69, 9.17) is 9.31 Å². The molecule has 0 aromatic heterocycles. The maximum atomic E-state index is 6.25. The molecule has 0 N–H and O–H groups in total. The molecule has 1 atom stereocenters. The number of hydrogen-bond donors (Lipinski definition) is 0. The van der Waals surface area contributed by atoms with Crippen LogP contribution in [0.25, 0.3) is 0 Å². The van der Waals surface area contributed by atoms with E-state index in [-0.39, 0.29) is 18.3 Å². The van der Waals surface area contributed by atoms with Crippen LogP contribution in [0.1, 0.15) is 53.9 Å². The fourth-order valence-corrected chi connectivity index (χ4v) is 3.54. The summed E-state index contributed by atoms with van der Waals surface area (Å²) in [6, 6.07) is 10.6. The van der Waals surface area contributed by atoms with Crippen molar-refractivity contribution in [3.63, 3.8) is 0 Å². The molecule has 4 heteroatoms. The smallest absolute Gasteiger partial charge is 0.402 e. The number of rotatable bonds is 6. The van der Waals surface area contributed by atoms with E-state index in [9.17, 15) is 0 Å². The Morgan fingerprint density at radius 2 is 1.62 bits per heavy atom. The summed E-state index contributed by atoms with van der Waals surface area (Å²) >= 11 is 1.88. The van der Waals surface area contributed by atoms with Crippen LogP contribution in [0.4, 0.5) is 0 Å². The molecule has 21 heavy (non-hydrogen) atoms. The third-order valence-electron chi connectivity index (χ3n) is 4.45. The molecule has 0 saturated carbocycles. The fourth-order valence-electron chi connectivity index (χ4n) is 2.37. The fraction of sp³-hybridized carbons (Fsp3) is 0.647. The Kier molecular flexibility index (Phi) is 5.45. The van der Waals surface area contributed by atoms with Gasteiger partial charge in [-0.05, 0) is 46.2 Å². The second-order valence-corrected chi connectivity index (χ2v) is 8.05. The lowest BCUT2D eigenvalue weighted by molar-refractivity contribution is 0.00578. The van der Waals surface area contributed by atoms with E-state index in [0.717, 1.165) is 6.42 Å². The standard InChI is InChI=1S/C17H27BO2S/c1-6-7-13-15(21-14-11-9-8-10-12-14)18-19-16(2,3)17(4,5)20-18/h8-12,15H,6-7,13H2,1-5H3. The quantitative estimate of drug-likeness (QED) is 0.546. The zero-order chi connectivity index (χ0) is 15.5. The van der Waals surface area contributed by atoms with Crippen molar-refractivity contribution in [1.29, 1.82) is 0 Å². The Morgan fingerprint density at radius 3 is 2.14 bits per heavy atom. The maximum absolute atomic E-state index is 6.25. The predicted octanol–water partition coefficient (Wildman–Crippen LogP) is 4.97. The first-order valence-corrected chi connectivity index (χ1v) is 8.81. The van der Waals surface area contributed by atoms with Crippen molar-refractivity contribution in [2.75, 3.05) is 0 Å². The molecule has 1 aliphatic rings. The van der Waals surface area contributed by atoms with Crippen LogP contribution in [0.2, 0.25) is 0 Å². The number of hydrogen-bond acceptors (Lipinski definition) is 3. The minimum Gasteiger partial charge on any atom is -0.402 e. The molecule has 0 amide bonds. The summed E-state index contributed by atoms with van der Waals surface area (Å²) in [5.41, 5.74) is -0.501. The Labute approximate surface area is 134 Å². The molecule has 1 saturated heterocycles. The van der Waals surface area contributed by atoms with E-state index in [1.165, 1.54) is 17.7 Å². The predicted molar refractivity (Wildman–Crippen MR) is 91.7 cm³/mol. The first-order valence-electron chi connectivity index (χ1n) is 7.93. The van der Waals surface area contributed by atoms with E-state index < -0.39 is 0 Å². The molecule has 1 fully saturated rings. The van der Waals surface area contributed by atoms with Gasteiger partial charge in [-0.1, -0.05) is 38.0 Å². The minimum absolute atomic E-state index is 0.133. The first kappa shape index (κ1) is 16.9.